The lowest BCUT2D eigenvalue weighted by molar-refractivity contribution is 0.184. The summed E-state index contributed by atoms with van der Waals surface area (Å²) in [7, 11) is 2.05. The fraction of sp³-hybridized carbons (Fsp3) is 0.750. The van der Waals surface area contributed by atoms with Crippen LogP contribution < -0.4 is 5.32 Å². The van der Waals surface area contributed by atoms with Crippen molar-refractivity contribution < 1.29 is 4.74 Å². The first-order valence-corrected chi connectivity index (χ1v) is 6.09. The van der Waals surface area contributed by atoms with E-state index in [0.717, 1.165) is 32.0 Å². The van der Waals surface area contributed by atoms with E-state index in [0.29, 0.717) is 12.0 Å². The summed E-state index contributed by atoms with van der Waals surface area (Å²) in [6.07, 6.45) is 6.11. The standard InChI is InChI=1S/C12H21N3O/c1-3-11(12-13-5-6-15(12)2)14-8-10-4-7-16-9-10/h5-6,10-11,14H,3-4,7-9H2,1-2H3. The van der Waals surface area contributed by atoms with Gasteiger partial charge in [0.05, 0.1) is 12.6 Å². The third-order valence-corrected chi connectivity index (χ3v) is 3.26. The highest BCUT2D eigenvalue weighted by Gasteiger charge is 2.19. The van der Waals surface area contributed by atoms with Crippen molar-refractivity contribution in [1.82, 2.24) is 14.9 Å². The number of aromatic nitrogens is 2. The zero-order valence-corrected chi connectivity index (χ0v) is 10.1. The van der Waals surface area contributed by atoms with Gasteiger partial charge in [-0.15, -0.1) is 0 Å². The summed E-state index contributed by atoms with van der Waals surface area (Å²) >= 11 is 0. The molecule has 4 heteroatoms. The number of hydrogen-bond donors (Lipinski definition) is 1. The van der Waals surface area contributed by atoms with E-state index < -0.39 is 0 Å². The summed E-state index contributed by atoms with van der Waals surface area (Å²) in [4.78, 5) is 4.40. The number of nitrogens with one attached hydrogen (secondary N) is 1. The van der Waals surface area contributed by atoms with Crippen molar-refractivity contribution in [3.63, 3.8) is 0 Å². The third kappa shape index (κ3) is 2.62. The van der Waals surface area contributed by atoms with Gasteiger partial charge in [-0.05, 0) is 18.8 Å². The van der Waals surface area contributed by atoms with Crippen molar-refractivity contribution in [3.05, 3.63) is 18.2 Å². The van der Waals surface area contributed by atoms with Crippen molar-refractivity contribution in [2.75, 3.05) is 19.8 Å². The van der Waals surface area contributed by atoms with E-state index in [9.17, 15) is 0 Å². The molecule has 2 unspecified atom stereocenters. The first kappa shape index (κ1) is 11.6. The van der Waals surface area contributed by atoms with Crippen molar-refractivity contribution in [1.29, 1.82) is 0 Å². The molecule has 0 radical (unpaired) electrons. The maximum Gasteiger partial charge on any atom is 0.125 e. The van der Waals surface area contributed by atoms with Crippen LogP contribution in [-0.4, -0.2) is 29.3 Å². The van der Waals surface area contributed by atoms with Gasteiger partial charge in [0.25, 0.3) is 0 Å². The Labute approximate surface area is 97.0 Å². The minimum absolute atomic E-state index is 0.362. The van der Waals surface area contributed by atoms with Crippen LogP contribution in [0, 0.1) is 5.92 Å². The summed E-state index contributed by atoms with van der Waals surface area (Å²) in [5, 5.41) is 3.59. The molecule has 0 saturated carbocycles. The van der Waals surface area contributed by atoms with Gasteiger partial charge in [0, 0.05) is 32.6 Å². The Morgan fingerprint density at radius 3 is 3.12 bits per heavy atom. The maximum atomic E-state index is 5.38. The molecular weight excluding hydrogens is 202 g/mol. The van der Waals surface area contributed by atoms with E-state index >= 15 is 0 Å². The molecule has 0 amide bonds. The van der Waals surface area contributed by atoms with Gasteiger partial charge in [-0.2, -0.15) is 0 Å². The Bertz CT molecular complexity index is 318. The minimum Gasteiger partial charge on any atom is -0.381 e. The molecule has 1 aliphatic heterocycles. The predicted octanol–water partition coefficient (Wildman–Crippen LogP) is 1.50. The first-order valence-electron chi connectivity index (χ1n) is 6.09. The zero-order valence-electron chi connectivity index (χ0n) is 10.1. The lowest BCUT2D eigenvalue weighted by atomic mass is 10.1. The first-order chi connectivity index (χ1) is 7.81. The monoisotopic (exact) mass is 223 g/mol. The number of nitrogens with zero attached hydrogens (tertiary/aromatic N) is 2. The average molecular weight is 223 g/mol. The summed E-state index contributed by atoms with van der Waals surface area (Å²) in [6.45, 7) is 5.05. The number of rotatable bonds is 5. The fourth-order valence-electron chi connectivity index (χ4n) is 2.18. The Morgan fingerprint density at radius 1 is 1.69 bits per heavy atom. The molecule has 1 fully saturated rings. The number of aryl methyl sites for hydroxylation is 1. The second kappa shape index (κ2) is 5.46. The van der Waals surface area contributed by atoms with E-state index in [1.165, 1.54) is 6.42 Å². The lowest BCUT2D eigenvalue weighted by Gasteiger charge is -2.18. The van der Waals surface area contributed by atoms with Gasteiger partial charge >= 0.3 is 0 Å². The molecule has 4 nitrogen and oxygen atoms in total. The van der Waals surface area contributed by atoms with Crippen LogP contribution in [0.25, 0.3) is 0 Å². The third-order valence-electron chi connectivity index (χ3n) is 3.26. The van der Waals surface area contributed by atoms with Crippen molar-refractivity contribution in [2.45, 2.75) is 25.8 Å². The topological polar surface area (TPSA) is 39.1 Å². The number of ether oxygens (including phenoxy) is 1. The molecule has 90 valence electrons. The smallest absolute Gasteiger partial charge is 0.125 e. The Balaban J connectivity index is 1.88. The number of imidazole rings is 1. The number of hydrogen-bond acceptors (Lipinski definition) is 3. The lowest BCUT2D eigenvalue weighted by Crippen LogP contribution is -2.29. The highest BCUT2D eigenvalue weighted by Crippen LogP contribution is 2.16. The molecule has 2 heterocycles. The van der Waals surface area contributed by atoms with Crippen LogP contribution in [0.15, 0.2) is 12.4 Å². The quantitative estimate of drug-likeness (QED) is 0.822. The van der Waals surface area contributed by atoms with Crippen molar-refractivity contribution >= 4 is 0 Å². The van der Waals surface area contributed by atoms with E-state index in [1.807, 2.05) is 19.4 Å². The fourth-order valence-corrected chi connectivity index (χ4v) is 2.18. The van der Waals surface area contributed by atoms with Crippen LogP contribution in [0.3, 0.4) is 0 Å². The van der Waals surface area contributed by atoms with Crippen LogP contribution in [0.2, 0.25) is 0 Å². The Kier molecular flexibility index (Phi) is 3.96. The second-order valence-corrected chi connectivity index (χ2v) is 4.50. The van der Waals surface area contributed by atoms with Crippen LogP contribution in [0.1, 0.15) is 31.6 Å². The summed E-state index contributed by atoms with van der Waals surface area (Å²) in [5.41, 5.74) is 0. The molecule has 1 aliphatic rings. The van der Waals surface area contributed by atoms with Gasteiger partial charge in [0.2, 0.25) is 0 Å². The van der Waals surface area contributed by atoms with Crippen LogP contribution in [-0.2, 0) is 11.8 Å². The molecule has 2 rings (SSSR count). The van der Waals surface area contributed by atoms with Gasteiger partial charge in [0.1, 0.15) is 5.82 Å². The zero-order chi connectivity index (χ0) is 11.4. The molecule has 1 aromatic rings. The highest BCUT2D eigenvalue weighted by molar-refractivity contribution is 4.98. The molecule has 1 saturated heterocycles. The van der Waals surface area contributed by atoms with Gasteiger partial charge in [0.15, 0.2) is 0 Å². The van der Waals surface area contributed by atoms with E-state index in [4.69, 9.17) is 4.74 Å². The Hall–Kier alpha value is -0.870. The van der Waals surface area contributed by atoms with Gasteiger partial charge in [-0.25, -0.2) is 4.98 Å². The molecular formula is C12H21N3O. The van der Waals surface area contributed by atoms with E-state index in [1.54, 1.807) is 0 Å². The van der Waals surface area contributed by atoms with Gasteiger partial charge < -0.3 is 14.6 Å². The van der Waals surface area contributed by atoms with Gasteiger partial charge in [-0.1, -0.05) is 6.92 Å². The molecule has 16 heavy (non-hydrogen) atoms. The minimum atomic E-state index is 0.362. The largest absolute Gasteiger partial charge is 0.381 e. The molecule has 0 aliphatic carbocycles. The molecule has 0 bridgehead atoms. The normalized spacial score (nSPS) is 22.5. The molecule has 1 N–H and O–H groups in total. The van der Waals surface area contributed by atoms with E-state index in [-0.39, 0.29) is 0 Å². The van der Waals surface area contributed by atoms with Gasteiger partial charge in [-0.3, -0.25) is 0 Å². The summed E-state index contributed by atoms with van der Waals surface area (Å²) < 4.78 is 7.47. The predicted molar refractivity (Wildman–Crippen MR) is 63.2 cm³/mol. The summed E-state index contributed by atoms with van der Waals surface area (Å²) in [5.74, 6) is 1.80. The molecule has 1 aromatic heterocycles. The van der Waals surface area contributed by atoms with Crippen LogP contribution in [0.4, 0.5) is 0 Å². The molecule has 0 spiro atoms. The highest BCUT2D eigenvalue weighted by atomic mass is 16.5. The van der Waals surface area contributed by atoms with Crippen molar-refractivity contribution in [3.8, 4) is 0 Å². The SMILES string of the molecule is CCC(NCC1CCOC1)c1nccn1C. The van der Waals surface area contributed by atoms with Crippen LogP contribution in [0.5, 0.6) is 0 Å². The maximum absolute atomic E-state index is 5.38. The molecule has 0 aromatic carbocycles. The van der Waals surface area contributed by atoms with E-state index in [2.05, 4.69) is 21.8 Å². The Morgan fingerprint density at radius 2 is 2.56 bits per heavy atom. The second-order valence-electron chi connectivity index (χ2n) is 4.50. The van der Waals surface area contributed by atoms with Crippen LogP contribution >= 0.6 is 0 Å². The summed E-state index contributed by atoms with van der Waals surface area (Å²) in [6, 6.07) is 0.362. The molecule has 2 atom stereocenters. The average Bonchev–Trinajstić information content (AvgIpc) is 2.92. The van der Waals surface area contributed by atoms with Crippen molar-refractivity contribution in [2.24, 2.45) is 13.0 Å².